The van der Waals surface area contributed by atoms with E-state index in [1.807, 2.05) is 6.92 Å². The molecule has 0 aliphatic heterocycles. The van der Waals surface area contributed by atoms with Gasteiger partial charge in [0.05, 0.1) is 6.10 Å². The topological polar surface area (TPSA) is 32.3 Å². The summed E-state index contributed by atoms with van der Waals surface area (Å²) in [5.74, 6) is 0. The summed E-state index contributed by atoms with van der Waals surface area (Å²) in [6.07, 6.45) is 6.65. The number of hydrogen-bond donors (Lipinski definition) is 2. The van der Waals surface area contributed by atoms with Crippen molar-refractivity contribution in [2.24, 2.45) is 5.41 Å². The lowest BCUT2D eigenvalue weighted by Crippen LogP contribution is -2.36. The van der Waals surface area contributed by atoms with Gasteiger partial charge in [0.15, 0.2) is 0 Å². The molecule has 0 aromatic carbocycles. The summed E-state index contributed by atoms with van der Waals surface area (Å²) in [5, 5.41) is 12.4. The Morgan fingerprint density at radius 1 is 1.31 bits per heavy atom. The summed E-state index contributed by atoms with van der Waals surface area (Å²) in [6, 6.07) is 0. The zero-order valence-corrected chi connectivity index (χ0v) is 8.97. The van der Waals surface area contributed by atoms with Crippen molar-refractivity contribution in [3.8, 4) is 0 Å². The van der Waals surface area contributed by atoms with Crippen LogP contribution in [-0.2, 0) is 0 Å². The first-order valence-corrected chi connectivity index (χ1v) is 5.51. The number of rotatable bonds is 4. The Labute approximate surface area is 81.7 Å². The van der Waals surface area contributed by atoms with Gasteiger partial charge in [-0.05, 0) is 25.2 Å². The van der Waals surface area contributed by atoms with Crippen LogP contribution in [0.5, 0.6) is 0 Å². The molecular weight excluding hydrogens is 162 g/mol. The minimum absolute atomic E-state index is 0.216. The largest absolute Gasteiger partial charge is 0.392 e. The highest BCUT2D eigenvalue weighted by Gasteiger charge is 2.25. The van der Waals surface area contributed by atoms with E-state index >= 15 is 0 Å². The molecule has 0 amide bonds. The van der Waals surface area contributed by atoms with Gasteiger partial charge in [-0.3, -0.25) is 0 Å². The van der Waals surface area contributed by atoms with E-state index in [0.29, 0.717) is 5.41 Å². The fourth-order valence-corrected chi connectivity index (χ4v) is 2.16. The molecule has 0 aromatic heterocycles. The molecule has 1 atom stereocenters. The van der Waals surface area contributed by atoms with Crippen LogP contribution in [0.2, 0.25) is 0 Å². The minimum atomic E-state index is -0.216. The van der Waals surface area contributed by atoms with Crippen LogP contribution in [0.1, 0.15) is 46.0 Å². The Kier molecular flexibility index (Phi) is 4.20. The monoisotopic (exact) mass is 185 g/mol. The summed E-state index contributed by atoms with van der Waals surface area (Å²) in [7, 11) is 0. The second kappa shape index (κ2) is 4.97. The average Bonchev–Trinajstić information content (AvgIpc) is 2.04. The highest BCUT2D eigenvalue weighted by molar-refractivity contribution is 4.80. The second-order valence-electron chi connectivity index (χ2n) is 4.85. The van der Waals surface area contributed by atoms with Crippen molar-refractivity contribution in [1.82, 2.24) is 5.32 Å². The Morgan fingerprint density at radius 3 is 2.46 bits per heavy atom. The van der Waals surface area contributed by atoms with Crippen molar-refractivity contribution in [2.75, 3.05) is 13.1 Å². The van der Waals surface area contributed by atoms with Crippen molar-refractivity contribution in [3.63, 3.8) is 0 Å². The second-order valence-corrected chi connectivity index (χ2v) is 4.85. The summed E-state index contributed by atoms with van der Waals surface area (Å²) in [5.41, 5.74) is 0.493. The van der Waals surface area contributed by atoms with Crippen molar-refractivity contribution in [2.45, 2.75) is 52.1 Å². The maximum Gasteiger partial charge on any atom is 0.0636 e. The molecule has 0 aromatic rings. The van der Waals surface area contributed by atoms with Gasteiger partial charge in [0.1, 0.15) is 0 Å². The zero-order chi connectivity index (χ0) is 9.73. The molecule has 1 aliphatic rings. The van der Waals surface area contributed by atoms with E-state index in [0.717, 1.165) is 13.1 Å². The van der Waals surface area contributed by atoms with Crippen molar-refractivity contribution in [1.29, 1.82) is 0 Å². The number of nitrogens with one attached hydrogen (secondary N) is 1. The Hall–Kier alpha value is -0.0800. The molecule has 0 bridgehead atoms. The van der Waals surface area contributed by atoms with Crippen molar-refractivity contribution in [3.05, 3.63) is 0 Å². The van der Waals surface area contributed by atoms with Crippen LogP contribution in [0, 0.1) is 5.41 Å². The lowest BCUT2D eigenvalue weighted by Gasteiger charge is -2.34. The van der Waals surface area contributed by atoms with Gasteiger partial charge in [0, 0.05) is 13.1 Å². The zero-order valence-electron chi connectivity index (χ0n) is 8.97. The van der Waals surface area contributed by atoms with Gasteiger partial charge >= 0.3 is 0 Å². The van der Waals surface area contributed by atoms with Gasteiger partial charge < -0.3 is 10.4 Å². The first-order chi connectivity index (χ1) is 6.12. The SMILES string of the molecule is CC(O)CNCC1(C)CCCCC1. The van der Waals surface area contributed by atoms with Gasteiger partial charge in [-0.15, -0.1) is 0 Å². The Bertz CT molecular complexity index is 139. The van der Waals surface area contributed by atoms with E-state index in [-0.39, 0.29) is 6.10 Å². The molecule has 1 rings (SSSR count). The fraction of sp³-hybridized carbons (Fsp3) is 1.00. The molecule has 1 saturated carbocycles. The summed E-state index contributed by atoms with van der Waals surface area (Å²) >= 11 is 0. The first-order valence-electron chi connectivity index (χ1n) is 5.51. The molecule has 13 heavy (non-hydrogen) atoms. The van der Waals surface area contributed by atoms with E-state index < -0.39 is 0 Å². The molecule has 2 heteroatoms. The Balaban J connectivity index is 2.17. The van der Waals surface area contributed by atoms with Crippen LogP contribution in [0.25, 0.3) is 0 Å². The molecule has 2 nitrogen and oxygen atoms in total. The summed E-state index contributed by atoms with van der Waals surface area (Å²) in [4.78, 5) is 0. The van der Waals surface area contributed by atoms with Gasteiger partial charge in [-0.1, -0.05) is 26.2 Å². The van der Waals surface area contributed by atoms with Gasteiger partial charge in [-0.2, -0.15) is 0 Å². The molecule has 0 radical (unpaired) electrons. The van der Waals surface area contributed by atoms with Crippen LogP contribution in [-0.4, -0.2) is 24.3 Å². The van der Waals surface area contributed by atoms with E-state index in [1.54, 1.807) is 0 Å². The third-order valence-electron chi connectivity index (χ3n) is 3.05. The van der Waals surface area contributed by atoms with E-state index in [4.69, 9.17) is 5.11 Å². The molecule has 1 unspecified atom stereocenters. The van der Waals surface area contributed by atoms with Crippen molar-refractivity contribution >= 4 is 0 Å². The van der Waals surface area contributed by atoms with E-state index in [1.165, 1.54) is 32.1 Å². The normalized spacial score (nSPS) is 24.2. The first kappa shape index (κ1) is 11.0. The summed E-state index contributed by atoms with van der Waals surface area (Å²) < 4.78 is 0. The third-order valence-corrected chi connectivity index (χ3v) is 3.05. The number of aliphatic hydroxyl groups excluding tert-OH is 1. The summed E-state index contributed by atoms with van der Waals surface area (Å²) in [6.45, 7) is 5.99. The quantitative estimate of drug-likeness (QED) is 0.701. The van der Waals surface area contributed by atoms with Gasteiger partial charge in [0.25, 0.3) is 0 Å². The minimum Gasteiger partial charge on any atom is -0.392 e. The molecule has 0 spiro atoms. The fourth-order valence-electron chi connectivity index (χ4n) is 2.16. The molecular formula is C11H23NO. The van der Waals surface area contributed by atoms with Gasteiger partial charge in [0.2, 0.25) is 0 Å². The van der Waals surface area contributed by atoms with Crippen LogP contribution >= 0.6 is 0 Å². The molecule has 0 saturated heterocycles. The van der Waals surface area contributed by atoms with Crippen LogP contribution in [0.15, 0.2) is 0 Å². The predicted octanol–water partition coefficient (Wildman–Crippen LogP) is 1.93. The van der Waals surface area contributed by atoms with E-state index in [2.05, 4.69) is 12.2 Å². The Morgan fingerprint density at radius 2 is 1.92 bits per heavy atom. The molecule has 1 fully saturated rings. The number of hydrogen-bond acceptors (Lipinski definition) is 2. The maximum absolute atomic E-state index is 9.10. The molecule has 2 N–H and O–H groups in total. The standard InChI is InChI=1S/C11H23NO/c1-10(13)8-12-9-11(2)6-4-3-5-7-11/h10,12-13H,3-9H2,1-2H3. The number of aliphatic hydroxyl groups is 1. The van der Waals surface area contributed by atoms with Crippen LogP contribution < -0.4 is 5.32 Å². The van der Waals surface area contributed by atoms with Crippen LogP contribution in [0.3, 0.4) is 0 Å². The van der Waals surface area contributed by atoms with Crippen molar-refractivity contribution < 1.29 is 5.11 Å². The third kappa shape index (κ3) is 4.10. The smallest absolute Gasteiger partial charge is 0.0636 e. The maximum atomic E-state index is 9.10. The van der Waals surface area contributed by atoms with Crippen LogP contribution in [0.4, 0.5) is 0 Å². The molecule has 1 aliphatic carbocycles. The van der Waals surface area contributed by atoms with Gasteiger partial charge in [-0.25, -0.2) is 0 Å². The molecule has 0 heterocycles. The van der Waals surface area contributed by atoms with E-state index in [9.17, 15) is 0 Å². The average molecular weight is 185 g/mol. The lowest BCUT2D eigenvalue weighted by atomic mass is 9.76. The highest BCUT2D eigenvalue weighted by Crippen LogP contribution is 2.34. The molecule has 78 valence electrons. The lowest BCUT2D eigenvalue weighted by molar-refractivity contribution is 0.166. The predicted molar refractivity (Wildman–Crippen MR) is 55.7 cm³/mol. The highest BCUT2D eigenvalue weighted by atomic mass is 16.3.